The second-order valence-electron chi connectivity index (χ2n) is 3.55. The van der Waals surface area contributed by atoms with E-state index in [4.69, 9.17) is 0 Å². The summed E-state index contributed by atoms with van der Waals surface area (Å²) in [5.41, 5.74) is 0.931. The van der Waals surface area contributed by atoms with Crippen LogP contribution in [0.1, 0.15) is 31.4 Å². The van der Waals surface area contributed by atoms with Crippen molar-refractivity contribution in [2.75, 3.05) is 6.54 Å². The summed E-state index contributed by atoms with van der Waals surface area (Å²) in [4.78, 5) is 10.6. The molecule has 0 saturated carbocycles. The van der Waals surface area contributed by atoms with E-state index in [1.165, 1.54) is 6.92 Å². The third-order valence-electron chi connectivity index (χ3n) is 2.21. The normalized spacial score (nSPS) is 12.1. The Bertz CT molecular complexity index is 298. The molecule has 1 rings (SSSR count). The molecule has 1 atom stereocenters. The first-order valence-electron chi connectivity index (χ1n) is 5.17. The molecule has 0 aliphatic rings. The molecule has 0 aromatic heterocycles. The van der Waals surface area contributed by atoms with E-state index in [1.807, 2.05) is 30.3 Å². The third kappa shape index (κ3) is 4.61. The number of aliphatic hydroxyl groups excluding tert-OH is 1. The Morgan fingerprint density at radius 3 is 2.67 bits per heavy atom. The zero-order chi connectivity index (χ0) is 11.1. The minimum absolute atomic E-state index is 0.0239. The van der Waals surface area contributed by atoms with Gasteiger partial charge in [0.2, 0.25) is 5.91 Å². The second kappa shape index (κ2) is 6.19. The molecule has 3 heteroatoms. The highest BCUT2D eigenvalue weighted by molar-refractivity contribution is 5.72. The van der Waals surface area contributed by atoms with Crippen molar-refractivity contribution < 1.29 is 9.90 Å². The Hall–Kier alpha value is -1.35. The average Bonchev–Trinajstić information content (AvgIpc) is 2.25. The summed E-state index contributed by atoms with van der Waals surface area (Å²) < 4.78 is 0. The van der Waals surface area contributed by atoms with E-state index in [0.29, 0.717) is 13.0 Å². The summed E-state index contributed by atoms with van der Waals surface area (Å²) in [5.74, 6) is -0.0239. The molecule has 1 aromatic rings. The quantitative estimate of drug-likeness (QED) is 0.721. The summed E-state index contributed by atoms with van der Waals surface area (Å²) in [6.45, 7) is 2.12. The van der Waals surface area contributed by atoms with Gasteiger partial charge < -0.3 is 10.4 Å². The number of aliphatic hydroxyl groups is 1. The molecule has 0 spiro atoms. The van der Waals surface area contributed by atoms with Crippen LogP contribution < -0.4 is 5.32 Å². The predicted octanol–water partition coefficient (Wildman–Crippen LogP) is 1.64. The van der Waals surface area contributed by atoms with Crippen molar-refractivity contribution in [3.8, 4) is 0 Å². The van der Waals surface area contributed by atoms with Crippen LogP contribution in [0.3, 0.4) is 0 Å². The van der Waals surface area contributed by atoms with Gasteiger partial charge in [0.15, 0.2) is 0 Å². The molecule has 0 aliphatic carbocycles. The summed E-state index contributed by atoms with van der Waals surface area (Å²) in [6, 6.07) is 9.55. The van der Waals surface area contributed by atoms with Crippen molar-refractivity contribution in [1.82, 2.24) is 5.32 Å². The molecule has 1 unspecified atom stereocenters. The predicted molar refractivity (Wildman–Crippen MR) is 59.3 cm³/mol. The molecule has 0 bridgehead atoms. The van der Waals surface area contributed by atoms with Gasteiger partial charge in [-0.2, -0.15) is 0 Å². The first kappa shape index (κ1) is 11.7. The Balaban J connectivity index is 2.25. The smallest absolute Gasteiger partial charge is 0.216 e. The summed E-state index contributed by atoms with van der Waals surface area (Å²) in [7, 11) is 0. The largest absolute Gasteiger partial charge is 0.388 e. The van der Waals surface area contributed by atoms with Crippen LogP contribution in [0, 0.1) is 0 Å². The highest BCUT2D eigenvalue weighted by Gasteiger charge is 2.05. The van der Waals surface area contributed by atoms with E-state index in [2.05, 4.69) is 5.32 Å². The maximum absolute atomic E-state index is 10.6. The minimum atomic E-state index is -0.431. The topological polar surface area (TPSA) is 49.3 Å². The van der Waals surface area contributed by atoms with Gasteiger partial charge in [-0.1, -0.05) is 30.3 Å². The second-order valence-corrected chi connectivity index (χ2v) is 3.55. The standard InChI is InChI=1S/C12H17NO2/c1-10(14)13-9-5-8-12(15)11-6-3-2-4-7-11/h2-4,6-7,12,15H,5,8-9H2,1H3,(H,13,14). The van der Waals surface area contributed by atoms with Crippen LogP contribution in [-0.4, -0.2) is 17.6 Å². The Morgan fingerprint density at radius 1 is 1.40 bits per heavy atom. The summed E-state index contributed by atoms with van der Waals surface area (Å²) >= 11 is 0. The number of hydrogen-bond acceptors (Lipinski definition) is 2. The van der Waals surface area contributed by atoms with E-state index < -0.39 is 6.10 Å². The first-order valence-corrected chi connectivity index (χ1v) is 5.17. The van der Waals surface area contributed by atoms with Crippen molar-refractivity contribution in [2.45, 2.75) is 25.9 Å². The molecular formula is C12H17NO2. The molecule has 0 saturated heterocycles. The van der Waals surface area contributed by atoms with Gasteiger partial charge in [0.1, 0.15) is 0 Å². The molecule has 3 nitrogen and oxygen atoms in total. The number of nitrogens with one attached hydrogen (secondary N) is 1. The lowest BCUT2D eigenvalue weighted by atomic mass is 10.1. The van der Waals surface area contributed by atoms with Crippen LogP contribution in [0.2, 0.25) is 0 Å². The first-order chi connectivity index (χ1) is 7.20. The van der Waals surface area contributed by atoms with Crippen molar-refractivity contribution >= 4 is 5.91 Å². The highest BCUT2D eigenvalue weighted by Crippen LogP contribution is 2.16. The van der Waals surface area contributed by atoms with E-state index in [1.54, 1.807) is 0 Å². The Labute approximate surface area is 90.1 Å². The van der Waals surface area contributed by atoms with Gasteiger partial charge in [-0.3, -0.25) is 4.79 Å². The fourth-order valence-corrected chi connectivity index (χ4v) is 1.40. The fraction of sp³-hybridized carbons (Fsp3) is 0.417. The zero-order valence-electron chi connectivity index (χ0n) is 8.94. The van der Waals surface area contributed by atoms with Crippen molar-refractivity contribution in [1.29, 1.82) is 0 Å². The Morgan fingerprint density at radius 2 is 2.07 bits per heavy atom. The van der Waals surface area contributed by atoms with Crippen LogP contribution in [-0.2, 0) is 4.79 Å². The van der Waals surface area contributed by atoms with Gasteiger partial charge >= 0.3 is 0 Å². The highest BCUT2D eigenvalue weighted by atomic mass is 16.3. The lowest BCUT2D eigenvalue weighted by Gasteiger charge is -2.10. The van der Waals surface area contributed by atoms with Crippen LogP contribution >= 0.6 is 0 Å². The van der Waals surface area contributed by atoms with Crippen molar-refractivity contribution in [3.63, 3.8) is 0 Å². The molecule has 15 heavy (non-hydrogen) atoms. The monoisotopic (exact) mass is 207 g/mol. The molecule has 0 fully saturated rings. The number of amides is 1. The van der Waals surface area contributed by atoms with Crippen molar-refractivity contribution in [2.24, 2.45) is 0 Å². The van der Waals surface area contributed by atoms with Crippen LogP contribution in [0.4, 0.5) is 0 Å². The molecule has 0 heterocycles. The lowest BCUT2D eigenvalue weighted by molar-refractivity contribution is -0.118. The molecule has 0 radical (unpaired) electrons. The van der Waals surface area contributed by atoms with E-state index in [9.17, 15) is 9.90 Å². The van der Waals surface area contributed by atoms with Gasteiger partial charge in [-0.25, -0.2) is 0 Å². The van der Waals surface area contributed by atoms with E-state index >= 15 is 0 Å². The fourth-order valence-electron chi connectivity index (χ4n) is 1.40. The molecule has 2 N–H and O–H groups in total. The van der Waals surface area contributed by atoms with Gasteiger partial charge in [-0.15, -0.1) is 0 Å². The van der Waals surface area contributed by atoms with Crippen molar-refractivity contribution in [3.05, 3.63) is 35.9 Å². The number of benzene rings is 1. The molecule has 82 valence electrons. The lowest BCUT2D eigenvalue weighted by Crippen LogP contribution is -2.21. The van der Waals surface area contributed by atoms with Gasteiger partial charge in [0.25, 0.3) is 0 Å². The van der Waals surface area contributed by atoms with E-state index in [-0.39, 0.29) is 5.91 Å². The van der Waals surface area contributed by atoms with Crippen LogP contribution in [0.15, 0.2) is 30.3 Å². The van der Waals surface area contributed by atoms with Crippen LogP contribution in [0.25, 0.3) is 0 Å². The molecule has 1 amide bonds. The number of carbonyl (C=O) groups excluding carboxylic acids is 1. The summed E-state index contributed by atoms with van der Waals surface area (Å²) in [6.07, 6.45) is 1.03. The number of hydrogen-bond donors (Lipinski definition) is 2. The SMILES string of the molecule is CC(=O)NCCCC(O)c1ccccc1. The Kier molecular flexibility index (Phi) is 4.84. The molecular weight excluding hydrogens is 190 g/mol. The maximum atomic E-state index is 10.6. The maximum Gasteiger partial charge on any atom is 0.216 e. The third-order valence-corrected chi connectivity index (χ3v) is 2.21. The number of carbonyl (C=O) groups is 1. The van der Waals surface area contributed by atoms with Gasteiger partial charge in [0, 0.05) is 13.5 Å². The number of rotatable bonds is 5. The summed E-state index contributed by atoms with van der Waals surface area (Å²) in [5, 5.41) is 12.5. The van der Waals surface area contributed by atoms with Gasteiger partial charge in [-0.05, 0) is 18.4 Å². The molecule has 0 aliphatic heterocycles. The minimum Gasteiger partial charge on any atom is -0.388 e. The average molecular weight is 207 g/mol. The molecule has 1 aromatic carbocycles. The van der Waals surface area contributed by atoms with E-state index in [0.717, 1.165) is 12.0 Å². The van der Waals surface area contributed by atoms with Crippen LogP contribution in [0.5, 0.6) is 0 Å². The zero-order valence-corrected chi connectivity index (χ0v) is 8.94. The van der Waals surface area contributed by atoms with Gasteiger partial charge in [0.05, 0.1) is 6.10 Å².